The number of aromatic amines is 1. The molecule has 4 aliphatic heterocycles. The van der Waals surface area contributed by atoms with E-state index < -0.39 is 29.5 Å². The molecule has 20 heteroatoms. The molecule has 5 aromatic rings. The van der Waals surface area contributed by atoms with Crippen molar-refractivity contribution in [2.75, 3.05) is 112 Å². The molecule has 0 bridgehead atoms. The Labute approximate surface area is 490 Å². The predicted molar refractivity (Wildman–Crippen MR) is 315 cm³/mol. The van der Waals surface area contributed by atoms with Gasteiger partial charge in [0.25, 0.3) is 17.4 Å². The molecule has 4 aromatic carbocycles. The third-order valence-corrected chi connectivity index (χ3v) is 17.9. The molecule has 4 saturated heterocycles. The number of ether oxygens (including phenoxy) is 2. The molecule has 1 aliphatic carbocycles. The summed E-state index contributed by atoms with van der Waals surface area (Å²) < 4.78 is 42.0. The quantitative estimate of drug-likeness (QED) is 0.0848. The van der Waals surface area contributed by atoms with Gasteiger partial charge < -0.3 is 39.7 Å². The van der Waals surface area contributed by atoms with Crippen molar-refractivity contribution in [2.24, 2.45) is 11.8 Å². The first kappa shape index (κ1) is 59.9. The lowest BCUT2D eigenvalue weighted by molar-refractivity contribution is -0.137. The van der Waals surface area contributed by atoms with Gasteiger partial charge in [-0.1, -0.05) is 55.7 Å². The summed E-state index contributed by atoms with van der Waals surface area (Å²) >= 11 is 0. The standard InChI is InChI=1S/C64H80F2N10O8/c1-3-84-57-37-49(83-2)18-16-47(57)38-67-39-58(77)76-23-9-12-48(41-76)46-17-20-54(65)52(36-46)61(79)68-60(45-10-5-4-6-11-45)64(82)75-28-26-72(27-29-75)40-43-21-24-71(25-22-43)42-59(78)73-30-32-74(33-31-73)63(81)53-34-44(15-19-55(53)66)35-56-50-13-7-8-14-51(50)62(80)70-69-56/h7-8,13-20,34,36-37,43,45,48,60,67H,3-6,9-12,21-33,35,38-42H2,1-2H3,(H,68,79)(H,70,80)/t48?,60-/m1/s1. The van der Waals surface area contributed by atoms with Crippen LogP contribution in [0.5, 0.6) is 11.5 Å². The predicted octanol–water partition coefficient (Wildman–Crippen LogP) is 6.21. The third kappa shape index (κ3) is 14.6. The lowest BCUT2D eigenvalue weighted by atomic mass is 9.83. The van der Waals surface area contributed by atoms with Gasteiger partial charge in [0.15, 0.2) is 0 Å². The van der Waals surface area contributed by atoms with Crippen molar-refractivity contribution >= 4 is 40.3 Å². The van der Waals surface area contributed by atoms with E-state index >= 15 is 8.78 Å². The van der Waals surface area contributed by atoms with Crippen LogP contribution in [-0.2, 0) is 27.3 Å². The highest BCUT2D eigenvalue weighted by Gasteiger charge is 2.37. The van der Waals surface area contributed by atoms with Crippen molar-refractivity contribution in [3.05, 3.63) is 134 Å². The van der Waals surface area contributed by atoms with Crippen LogP contribution in [0.2, 0.25) is 0 Å². The molecule has 18 nitrogen and oxygen atoms in total. The van der Waals surface area contributed by atoms with Crippen LogP contribution in [0, 0.1) is 23.5 Å². The van der Waals surface area contributed by atoms with Crippen molar-refractivity contribution < 1.29 is 42.2 Å². The van der Waals surface area contributed by atoms with Crippen LogP contribution in [-0.4, -0.2) is 187 Å². The van der Waals surface area contributed by atoms with Crippen LogP contribution < -0.4 is 25.7 Å². The molecular formula is C64H80F2N10O8. The number of rotatable bonds is 19. The number of aromatic nitrogens is 2. The highest BCUT2D eigenvalue weighted by Crippen LogP contribution is 2.32. The van der Waals surface area contributed by atoms with E-state index in [9.17, 15) is 28.8 Å². The van der Waals surface area contributed by atoms with Crippen LogP contribution in [0.4, 0.5) is 8.78 Å². The van der Waals surface area contributed by atoms with Gasteiger partial charge in [-0.2, -0.15) is 5.10 Å². The number of piperazine rings is 2. The lowest BCUT2D eigenvalue weighted by Gasteiger charge is -2.41. The number of nitrogens with one attached hydrogen (secondary N) is 3. The summed E-state index contributed by atoms with van der Waals surface area (Å²) in [5, 5.41) is 14.3. The van der Waals surface area contributed by atoms with Crippen molar-refractivity contribution in [2.45, 2.75) is 89.6 Å². The number of likely N-dealkylation sites (tertiary alicyclic amines) is 2. The fourth-order valence-electron chi connectivity index (χ4n) is 13.0. The maximum absolute atomic E-state index is 15.7. The smallest absolute Gasteiger partial charge is 0.272 e. The van der Waals surface area contributed by atoms with E-state index in [1.54, 1.807) is 53.3 Å². The first-order valence-electron chi connectivity index (χ1n) is 30.3. The third-order valence-electron chi connectivity index (χ3n) is 17.9. The number of piperidine rings is 2. The van der Waals surface area contributed by atoms with Crippen LogP contribution in [0.3, 0.4) is 0 Å². The molecule has 0 radical (unpaired) electrons. The molecule has 5 fully saturated rings. The first-order valence-corrected chi connectivity index (χ1v) is 30.3. The summed E-state index contributed by atoms with van der Waals surface area (Å²) in [7, 11) is 1.61. The Morgan fingerprint density at radius 1 is 0.702 bits per heavy atom. The minimum absolute atomic E-state index is 0.0150. The Hall–Kier alpha value is -7.29. The average molecular weight is 1160 g/mol. The monoisotopic (exact) mass is 1150 g/mol. The van der Waals surface area contributed by atoms with E-state index in [4.69, 9.17) is 9.47 Å². The summed E-state index contributed by atoms with van der Waals surface area (Å²) in [5.74, 6) is -0.714. The fourth-order valence-corrected chi connectivity index (χ4v) is 13.0. The average Bonchev–Trinajstić information content (AvgIpc) is 3.25. The number of fused-ring (bicyclic) bond motifs is 1. The number of nitrogens with zero attached hydrogens (tertiary/aromatic N) is 7. The van der Waals surface area contributed by atoms with E-state index in [-0.39, 0.29) is 52.8 Å². The molecule has 1 saturated carbocycles. The number of amides is 5. The molecule has 0 spiro atoms. The van der Waals surface area contributed by atoms with E-state index in [2.05, 4.69) is 30.6 Å². The van der Waals surface area contributed by atoms with Crippen LogP contribution in [0.15, 0.2) is 83.7 Å². The second kappa shape index (κ2) is 28.1. The van der Waals surface area contributed by atoms with E-state index in [1.165, 1.54) is 12.1 Å². The molecule has 5 amide bonds. The molecule has 10 rings (SSSR count). The maximum atomic E-state index is 15.7. The van der Waals surface area contributed by atoms with Crippen molar-refractivity contribution in [3.63, 3.8) is 0 Å². The van der Waals surface area contributed by atoms with E-state index in [0.717, 1.165) is 88.5 Å². The summed E-state index contributed by atoms with van der Waals surface area (Å²) in [6.45, 7) is 10.6. The Balaban J connectivity index is 0.658. The minimum Gasteiger partial charge on any atom is -0.497 e. The van der Waals surface area contributed by atoms with Crippen molar-refractivity contribution in [3.8, 4) is 11.5 Å². The van der Waals surface area contributed by atoms with Gasteiger partial charge in [-0.05, 0) is 118 Å². The highest BCUT2D eigenvalue weighted by atomic mass is 19.1. The van der Waals surface area contributed by atoms with Gasteiger partial charge in [0.1, 0.15) is 29.2 Å². The molecule has 1 unspecified atom stereocenters. The topological polar surface area (TPSA) is 193 Å². The number of carbonyl (C=O) groups excluding carboxylic acids is 5. The van der Waals surface area contributed by atoms with Gasteiger partial charge in [-0.3, -0.25) is 38.6 Å². The lowest BCUT2D eigenvalue weighted by Crippen LogP contribution is -2.57. The molecule has 448 valence electrons. The Kier molecular flexibility index (Phi) is 20.0. The molecule has 1 aromatic heterocycles. The molecule has 2 atom stereocenters. The number of halogens is 2. The van der Waals surface area contributed by atoms with Crippen LogP contribution >= 0.6 is 0 Å². The van der Waals surface area contributed by atoms with Crippen LogP contribution in [0.25, 0.3) is 10.8 Å². The molecule has 84 heavy (non-hydrogen) atoms. The van der Waals surface area contributed by atoms with E-state index in [0.29, 0.717) is 131 Å². The van der Waals surface area contributed by atoms with Crippen LogP contribution in [0.1, 0.15) is 114 Å². The van der Waals surface area contributed by atoms with Gasteiger partial charge in [0.2, 0.25) is 17.7 Å². The fraction of sp³-hybridized carbons (Fsp3) is 0.516. The zero-order valence-corrected chi connectivity index (χ0v) is 48.6. The number of benzene rings is 4. The van der Waals surface area contributed by atoms with Gasteiger partial charge in [-0.15, -0.1) is 0 Å². The maximum Gasteiger partial charge on any atom is 0.272 e. The number of hydrogen-bond donors (Lipinski definition) is 3. The largest absolute Gasteiger partial charge is 0.497 e. The summed E-state index contributed by atoms with van der Waals surface area (Å²) in [6, 6.07) is 21.1. The van der Waals surface area contributed by atoms with Crippen molar-refractivity contribution in [1.29, 1.82) is 0 Å². The molecule has 3 N–H and O–H groups in total. The number of H-pyrrole nitrogens is 1. The Morgan fingerprint density at radius 3 is 2.17 bits per heavy atom. The van der Waals surface area contributed by atoms with Gasteiger partial charge in [0, 0.05) is 108 Å². The summed E-state index contributed by atoms with van der Waals surface area (Å²) in [6.07, 6.45) is 8.39. The minimum atomic E-state index is -0.766. The van der Waals surface area contributed by atoms with Gasteiger partial charge in [-0.25, -0.2) is 13.9 Å². The SMILES string of the molecule is CCOc1cc(OC)ccc1CNCC(=O)N1CCCC(c2ccc(F)c(C(=O)N[C@@H](C(=O)N3CCN(CC4CCN(CC(=O)N5CCN(C(=O)c6cc(Cc7n[nH]c(=O)c8ccccc78)ccc6F)CC5)CC4)CC3)C3CCCCC3)c2)C1. The van der Waals surface area contributed by atoms with Gasteiger partial charge >= 0.3 is 0 Å². The number of carbonyl (C=O) groups is 5. The number of methoxy groups -OCH3 is 1. The first-order chi connectivity index (χ1) is 40.8. The van der Waals surface area contributed by atoms with Crippen molar-refractivity contribution in [1.82, 2.24) is 50.2 Å². The molecular weight excluding hydrogens is 1070 g/mol. The Morgan fingerprint density at radius 2 is 1.42 bits per heavy atom. The van der Waals surface area contributed by atoms with Gasteiger partial charge in [0.05, 0.1) is 49.0 Å². The highest BCUT2D eigenvalue weighted by molar-refractivity contribution is 5.98. The zero-order valence-electron chi connectivity index (χ0n) is 48.6. The summed E-state index contributed by atoms with van der Waals surface area (Å²) in [5.41, 5.74) is 2.59. The normalized spacial score (nSPS) is 19.1. The number of hydrogen-bond acceptors (Lipinski definition) is 12. The second-order valence-electron chi connectivity index (χ2n) is 23.3. The summed E-state index contributed by atoms with van der Waals surface area (Å²) in [4.78, 5) is 93.4. The second-order valence-corrected chi connectivity index (χ2v) is 23.3. The zero-order chi connectivity index (χ0) is 58.7. The molecule has 5 heterocycles. The molecule has 5 aliphatic rings. The van der Waals surface area contributed by atoms with E-state index in [1.807, 2.05) is 47.1 Å². The Bertz CT molecular complexity index is 3200.